The van der Waals surface area contributed by atoms with Gasteiger partial charge in [0.05, 0.1) is 32.7 Å². The van der Waals surface area contributed by atoms with Crippen molar-refractivity contribution < 1.29 is 23.4 Å². The van der Waals surface area contributed by atoms with Crippen LogP contribution in [0.15, 0.2) is 48.8 Å². The van der Waals surface area contributed by atoms with Gasteiger partial charge in [-0.3, -0.25) is 5.32 Å². The Hall–Kier alpha value is -3.88. The van der Waals surface area contributed by atoms with Gasteiger partial charge in [0.1, 0.15) is 29.5 Å². The number of carbonyl (C=O) groups excluding carboxylic acids is 1. The van der Waals surface area contributed by atoms with Crippen LogP contribution < -0.4 is 20.1 Å². The van der Waals surface area contributed by atoms with Gasteiger partial charge in [0, 0.05) is 23.4 Å². The molecular formula is C20H19FN4O4. The minimum absolute atomic E-state index is 0.365. The van der Waals surface area contributed by atoms with Gasteiger partial charge in [0.15, 0.2) is 0 Å². The normalized spacial score (nSPS) is 10.2. The molecule has 0 aliphatic carbocycles. The fraction of sp³-hybridized carbons (Fsp3) is 0.150. The van der Waals surface area contributed by atoms with Crippen LogP contribution in [0.2, 0.25) is 0 Å². The molecule has 0 unspecified atom stereocenters. The van der Waals surface area contributed by atoms with Crippen LogP contribution in [-0.4, -0.2) is 37.4 Å². The molecule has 0 spiro atoms. The highest BCUT2D eigenvalue weighted by molar-refractivity contribution is 5.88. The number of hydrogen-bond donors (Lipinski definition) is 2. The molecule has 0 atom stereocenters. The summed E-state index contributed by atoms with van der Waals surface area (Å²) in [6.45, 7) is 0. The molecule has 3 aromatic rings. The van der Waals surface area contributed by atoms with Crippen LogP contribution in [0.4, 0.5) is 26.4 Å². The number of methoxy groups -OCH3 is 3. The number of halogens is 1. The molecule has 150 valence electrons. The minimum atomic E-state index is -0.617. The summed E-state index contributed by atoms with van der Waals surface area (Å²) in [5.74, 6) is 0.932. The first kappa shape index (κ1) is 19.9. The number of aromatic nitrogens is 2. The lowest BCUT2D eigenvalue weighted by Gasteiger charge is -2.13. The Balaban J connectivity index is 1.89. The van der Waals surface area contributed by atoms with Crippen molar-refractivity contribution in [2.24, 2.45) is 0 Å². The van der Waals surface area contributed by atoms with Gasteiger partial charge in [-0.15, -0.1) is 0 Å². The topological polar surface area (TPSA) is 94.6 Å². The molecule has 1 aromatic heterocycles. The van der Waals surface area contributed by atoms with E-state index in [-0.39, 0.29) is 0 Å². The molecule has 9 heteroatoms. The van der Waals surface area contributed by atoms with Crippen LogP contribution in [0.1, 0.15) is 0 Å². The molecule has 2 aromatic carbocycles. The van der Waals surface area contributed by atoms with E-state index >= 15 is 0 Å². The second-order valence-electron chi connectivity index (χ2n) is 5.79. The van der Waals surface area contributed by atoms with Gasteiger partial charge in [0.25, 0.3) is 0 Å². The molecule has 29 heavy (non-hydrogen) atoms. The van der Waals surface area contributed by atoms with Crippen LogP contribution in [0.5, 0.6) is 11.5 Å². The summed E-state index contributed by atoms with van der Waals surface area (Å²) in [5, 5.41) is 5.72. The van der Waals surface area contributed by atoms with Gasteiger partial charge < -0.3 is 19.5 Å². The molecular weight excluding hydrogens is 379 g/mol. The van der Waals surface area contributed by atoms with Crippen molar-refractivity contribution in [2.45, 2.75) is 0 Å². The number of rotatable bonds is 6. The summed E-state index contributed by atoms with van der Waals surface area (Å²) in [4.78, 5) is 20.0. The number of hydrogen-bond acceptors (Lipinski definition) is 7. The highest BCUT2D eigenvalue weighted by Gasteiger charge is 2.12. The van der Waals surface area contributed by atoms with Gasteiger partial charge in [-0.2, -0.15) is 0 Å². The van der Waals surface area contributed by atoms with Crippen molar-refractivity contribution in [3.63, 3.8) is 0 Å². The highest BCUT2D eigenvalue weighted by atomic mass is 19.1. The zero-order valence-corrected chi connectivity index (χ0v) is 16.0. The lowest BCUT2D eigenvalue weighted by Crippen LogP contribution is -2.12. The van der Waals surface area contributed by atoms with Gasteiger partial charge in [-0.05, 0) is 30.3 Å². The number of amides is 1. The average molecular weight is 398 g/mol. The minimum Gasteiger partial charge on any atom is -0.496 e. The van der Waals surface area contributed by atoms with Crippen LogP contribution >= 0.6 is 0 Å². The molecule has 0 aliphatic heterocycles. The van der Waals surface area contributed by atoms with E-state index < -0.39 is 11.9 Å². The summed E-state index contributed by atoms with van der Waals surface area (Å²) in [7, 11) is 4.24. The van der Waals surface area contributed by atoms with Crippen molar-refractivity contribution in [3.05, 3.63) is 54.6 Å². The van der Waals surface area contributed by atoms with E-state index in [0.29, 0.717) is 39.9 Å². The Morgan fingerprint density at radius 1 is 0.966 bits per heavy atom. The maximum absolute atomic E-state index is 13.5. The quantitative estimate of drug-likeness (QED) is 0.642. The third-order valence-electron chi connectivity index (χ3n) is 4.00. The maximum Gasteiger partial charge on any atom is 0.411 e. The van der Waals surface area contributed by atoms with Gasteiger partial charge in [0.2, 0.25) is 0 Å². The molecule has 3 rings (SSSR count). The fourth-order valence-electron chi connectivity index (χ4n) is 2.64. The lowest BCUT2D eigenvalue weighted by atomic mass is 10.1. The molecule has 0 saturated heterocycles. The second kappa shape index (κ2) is 8.87. The smallest absolute Gasteiger partial charge is 0.411 e. The van der Waals surface area contributed by atoms with Crippen molar-refractivity contribution in [2.75, 3.05) is 32.0 Å². The first-order valence-corrected chi connectivity index (χ1v) is 8.50. The van der Waals surface area contributed by atoms with E-state index in [1.54, 1.807) is 30.3 Å². The molecule has 0 fully saturated rings. The number of benzene rings is 2. The standard InChI is InChI=1S/C20H19FN4O4/c1-27-17-7-5-13(9-16(17)25-20(26)29-3)24-19-10-15(22-11-23-19)14-6-4-12(21)8-18(14)28-2/h4-11H,1-3H3,(H,25,26)(H,22,23,24). The lowest BCUT2D eigenvalue weighted by molar-refractivity contribution is 0.187. The predicted molar refractivity (Wildman–Crippen MR) is 106 cm³/mol. The van der Waals surface area contributed by atoms with Gasteiger partial charge in [-0.25, -0.2) is 19.2 Å². The summed E-state index contributed by atoms with van der Waals surface area (Å²) < 4.78 is 28.6. The third-order valence-corrected chi connectivity index (χ3v) is 4.00. The Bertz CT molecular complexity index is 1030. The summed E-state index contributed by atoms with van der Waals surface area (Å²) in [6.07, 6.45) is 0.769. The van der Waals surface area contributed by atoms with Gasteiger partial charge in [-0.1, -0.05) is 0 Å². The molecule has 0 bridgehead atoms. The van der Waals surface area contributed by atoms with E-state index in [2.05, 4.69) is 25.3 Å². The molecule has 1 heterocycles. The number of nitrogens with zero attached hydrogens (tertiary/aromatic N) is 2. The Kier molecular flexibility index (Phi) is 6.08. The van der Waals surface area contributed by atoms with E-state index in [9.17, 15) is 9.18 Å². The molecule has 0 aliphatic rings. The number of carbonyl (C=O) groups is 1. The first-order chi connectivity index (χ1) is 14.0. The largest absolute Gasteiger partial charge is 0.496 e. The SMILES string of the molecule is COC(=O)Nc1cc(Nc2cc(-c3ccc(F)cc3OC)ncn2)ccc1OC. The highest BCUT2D eigenvalue weighted by Crippen LogP contribution is 2.32. The molecule has 2 N–H and O–H groups in total. The fourth-order valence-corrected chi connectivity index (χ4v) is 2.64. The second-order valence-corrected chi connectivity index (χ2v) is 5.79. The van der Waals surface area contributed by atoms with E-state index in [0.717, 1.165) is 0 Å². The van der Waals surface area contributed by atoms with E-state index in [4.69, 9.17) is 9.47 Å². The molecule has 0 saturated carbocycles. The summed E-state index contributed by atoms with van der Waals surface area (Å²) in [6, 6.07) is 11.1. The Morgan fingerprint density at radius 2 is 1.76 bits per heavy atom. The van der Waals surface area contributed by atoms with Crippen LogP contribution in [-0.2, 0) is 4.74 Å². The molecule has 1 amide bonds. The summed E-state index contributed by atoms with van der Waals surface area (Å²) in [5.41, 5.74) is 2.26. The summed E-state index contributed by atoms with van der Waals surface area (Å²) >= 11 is 0. The predicted octanol–water partition coefficient (Wildman–Crippen LogP) is 4.22. The third kappa shape index (κ3) is 4.70. The molecule has 0 radical (unpaired) electrons. The Morgan fingerprint density at radius 3 is 2.48 bits per heavy atom. The van der Waals surface area contributed by atoms with Crippen molar-refractivity contribution in [3.8, 4) is 22.8 Å². The first-order valence-electron chi connectivity index (χ1n) is 8.50. The van der Waals surface area contributed by atoms with Crippen molar-refractivity contribution >= 4 is 23.3 Å². The van der Waals surface area contributed by atoms with Gasteiger partial charge >= 0.3 is 6.09 Å². The monoisotopic (exact) mass is 398 g/mol. The average Bonchev–Trinajstić information content (AvgIpc) is 2.74. The van der Waals surface area contributed by atoms with Crippen LogP contribution in [0.3, 0.4) is 0 Å². The van der Waals surface area contributed by atoms with E-state index in [1.165, 1.54) is 39.8 Å². The van der Waals surface area contributed by atoms with Crippen LogP contribution in [0, 0.1) is 5.82 Å². The molecule has 8 nitrogen and oxygen atoms in total. The van der Waals surface area contributed by atoms with E-state index in [1.807, 2.05) is 0 Å². The zero-order valence-electron chi connectivity index (χ0n) is 16.0. The van der Waals surface area contributed by atoms with Crippen molar-refractivity contribution in [1.29, 1.82) is 0 Å². The Labute approximate surface area is 166 Å². The van der Waals surface area contributed by atoms with Crippen LogP contribution in [0.25, 0.3) is 11.3 Å². The maximum atomic E-state index is 13.5. The number of ether oxygens (including phenoxy) is 3. The zero-order chi connectivity index (χ0) is 20.8. The van der Waals surface area contributed by atoms with Crippen molar-refractivity contribution in [1.82, 2.24) is 9.97 Å². The number of anilines is 3. The number of nitrogens with one attached hydrogen (secondary N) is 2.